The van der Waals surface area contributed by atoms with Crippen LogP contribution in [0.2, 0.25) is 0 Å². The minimum absolute atomic E-state index is 0.0150. The Labute approximate surface area is 135 Å². The van der Waals surface area contributed by atoms with Gasteiger partial charge in [-0.2, -0.15) is 0 Å². The second kappa shape index (κ2) is 5.58. The fourth-order valence-electron chi connectivity index (χ4n) is 2.93. The van der Waals surface area contributed by atoms with E-state index in [1.54, 1.807) is 4.90 Å². The van der Waals surface area contributed by atoms with Crippen molar-refractivity contribution in [3.8, 4) is 0 Å². The van der Waals surface area contributed by atoms with Gasteiger partial charge in [0.1, 0.15) is 0 Å². The molecule has 0 N–H and O–H groups in total. The van der Waals surface area contributed by atoms with Gasteiger partial charge in [-0.05, 0) is 29.8 Å². The zero-order valence-corrected chi connectivity index (χ0v) is 12.5. The van der Waals surface area contributed by atoms with Gasteiger partial charge in [-0.1, -0.05) is 66.7 Å². The number of hydrogen-bond donors (Lipinski definition) is 0. The molecule has 2 heteroatoms. The highest BCUT2D eigenvalue weighted by Crippen LogP contribution is 2.41. The number of fused-ring (bicyclic) bond motifs is 1. The number of amides is 1. The van der Waals surface area contributed by atoms with Crippen LogP contribution in [0.5, 0.6) is 0 Å². The molecule has 0 saturated heterocycles. The Bertz CT molecular complexity index is 882. The van der Waals surface area contributed by atoms with Gasteiger partial charge < -0.3 is 0 Å². The molecule has 0 saturated carbocycles. The Balaban J connectivity index is 1.87. The van der Waals surface area contributed by atoms with Gasteiger partial charge in [0.2, 0.25) is 0 Å². The SMILES string of the molecule is O=C1/C(=C/c2ccccc2)c2ccccc2N1c1ccccc1. The molecule has 0 radical (unpaired) electrons. The van der Waals surface area contributed by atoms with Crippen LogP contribution in [0, 0.1) is 0 Å². The lowest BCUT2D eigenvalue weighted by Gasteiger charge is -2.16. The number of carbonyl (C=O) groups is 1. The van der Waals surface area contributed by atoms with Crippen molar-refractivity contribution in [1.29, 1.82) is 0 Å². The van der Waals surface area contributed by atoms with E-state index in [1.165, 1.54) is 0 Å². The summed E-state index contributed by atoms with van der Waals surface area (Å²) in [4.78, 5) is 14.8. The molecule has 1 aliphatic heterocycles. The third kappa shape index (κ3) is 2.34. The number of rotatable bonds is 2. The molecule has 1 aliphatic rings. The average Bonchev–Trinajstić information content (AvgIpc) is 2.89. The molecule has 2 nitrogen and oxygen atoms in total. The predicted octanol–water partition coefficient (Wildman–Crippen LogP) is 4.91. The topological polar surface area (TPSA) is 20.3 Å². The summed E-state index contributed by atoms with van der Waals surface area (Å²) in [6, 6.07) is 27.7. The van der Waals surface area contributed by atoms with Gasteiger partial charge in [-0.15, -0.1) is 0 Å². The van der Waals surface area contributed by atoms with Crippen molar-refractivity contribution in [2.45, 2.75) is 0 Å². The van der Waals surface area contributed by atoms with E-state index in [0.29, 0.717) is 0 Å². The van der Waals surface area contributed by atoms with Crippen LogP contribution in [0.1, 0.15) is 11.1 Å². The smallest absolute Gasteiger partial charge is 0.263 e. The molecule has 0 bridgehead atoms. The standard InChI is InChI=1S/C21H15NO/c23-21-19(15-16-9-3-1-4-10-16)18-13-7-8-14-20(18)22(21)17-11-5-2-6-12-17/h1-15H/b19-15+. The summed E-state index contributed by atoms with van der Waals surface area (Å²) >= 11 is 0. The minimum Gasteiger partial charge on any atom is -0.276 e. The van der Waals surface area contributed by atoms with Crippen LogP contribution < -0.4 is 4.90 Å². The average molecular weight is 297 g/mol. The predicted molar refractivity (Wildman–Crippen MR) is 94.3 cm³/mol. The molecule has 4 rings (SSSR count). The summed E-state index contributed by atoms with van der Waals surface area (Å²) < 4.78 is 0. The molecule has 0 aliphatic carbocycles. The van der Waals surface area contributed by atoms with Crippen LogP contribution in [0.3, 0.4) is 0 Å². The highest BCUT2D eigenvalue weighted by atomic mass is 16.2. The number of carbonyl (C=O) groups excluding carboxylic acids is 1. The molecular formula is C21H15NO. The first kappa shape index (κ1) is 13.5. The zero-order chi connectivity index (χ0) is 15.6. The lowest BCUT2D eigenvalue weighted by molar-refractivity contribution is -0.112. The van der Waals surface area contributed by atoms with Crippen LogP contribution in [0.4, 0.5) is 11.4 Å². The van der Waals surface area contributed by atoms with Gasteiger partial charge >= 0.3 is 0 Å². The van der Waals surface area contributed by atoms with E-state index in [-0.39, 0.29) is 5.91 Å². The molecule has 1 amide bonds. The first-order valence-electron chi connectivity index (χ1n) is 7.60. The van der Waals surface area contributed by atoms with Crippen LogP contribution in [-0.2, 0) is 4.79 Å². The Kier molecular flexibility index (Phi) is 3.28. The number of benzene rings is 3. The first-order valence-corrected chi connectivity index (χ1v) is 7.60. The molecule has 3 aromatic rings. The van der Waals surface area contributed by atoms with Gasteiger partial charge in [0.05, 0.1) is 11.3 Å². The summed E-state index contributed by atoms with van der Waals surface area (Å²) in [5, 5.41) is 0. The number of nitrogens with zero attached hydrogens (tertiary/aromatic N) is 1. The molecular weight excluding hydrogens is 282 g/mol. The molecule has 110 valence electrons. The van der Waals surface area contributed by atoms with E-state index in [9.17, 15) is 4.79 Å². The van der Waals surface area contributed by atoms with Crippen molar-refractivity contribution < 1.29 is 4.79 Å². The number of para-hydroxylation sites is 2. The first-order chi connectivity index (χ1) is 11.3. The largest absolute Gasteiger partial charge is 0.276 e. The van der Waals surface area contributed by atoms with Crippen LogP contribution in [0.15, 0.2) is 84.9 Å². The van der Waals surface area contributed by atoms with E-state index < -0.39 is 0 Å². The van der Waals surface area contributed by atoms with E-state index in [4.69, 9.17) is 0 Å². The number of anilines is 2. The van der Waals surface area contributed by atoms with Crippen LogP contribution in [-0.4, -0.2) is 5.91 Å². The van der Waals surface area contributed by atoms with Crippen molar-refractivity contribution in [1.82, 2.24) is 0 Å². The summed E-state index contributed by atoms with van der Waals surface area (Å²) in [6.07, 6.45) is 1.96. The van der Waals surface area contributed by atoms with E-state index in [0.717, 1.165) is 28.1 Å². The molecule has 3 aromatic carbocycles. The van der Waals surface area contributed by atoms with Crippen molar-refractivity contribution >= 4 is 28.9 Å². The van der Waals surface area contributed by atoms with Crippen molar-refractivity contribution in [3.63, 3.8) is 0 Å². The normalized spacial score (nSPS) is 15.0. The molecule has 0 spiro atoms. The summed E-state index contributed by atoms with van der Waals surface area (Å²) in [6.45, 7) is 0. The molecule has 1 heterocycles. The second-order valence-corrected chi connectivity index (χ2v) is 5.46. The minimum atomic E-state index is 0.0150. The second-order valence-electron chi connectivity index (χ2n) is 5.46. The van der Waals surface area contributed by atoms with Crippen LogP contribution >= 0.6 is 0 Å². The maximum Gasteiger partial charge on any atom is 0.263 e. The lowest BCUT2D eigenvalue weighted by Crippen LogP contribution is -2.20. The summed E-state index contributed by atoms with van der Waals surface area (Å²) in [5.74, 6) is 0.0150. The van der Waals surface area contributed by atoms with Gasteiger partial charge in [0.15, 0.2) is 0 Å². The van der Waals surface area contributed by atoms with E-state index in [2.05, 4.69) is 0 Å². The van der Waals surface area contributed by atoms with E-state index in [1.807, 2.05) is 91.0 Å². The van der Waals surface area contributed by atoms with Crippen molar-refractivity contribution in [2.75, 3.05) is 4.90 Å². The third-order valence-corrected chi connectivity index (χ3v) is 3.99. The van der Waals surface area contributed by atoms with Gasteiger partial charge in [-0.3, -0.25) is 9.69 Å². The number of hydrogen-bond acceptors (Lipinski definition) is 1. The fourth-order valence-corrected chi connectivity index (χ4v) is 2.93. The monoisotopic (exact) mass is 297 g/mol. The highest BCUT2D eigenvalue weighted by Gasteiger charge is 2.32. The summed E-state index contributed by atoms with van der Waals surface area (Å²) in [5.41, 5.74) is 4.56. The lowest BCUT2D eigenvalue weighted by atomic mass is 10.0. The van der Waals surface area contributed by atoms with E-state index >= 15 is 0 Å². The Morgan fingerprint density at radius 3 is 2.04 bits per heavy atom. The maximum atomic E-state index is 13.0. The zero-order valence-electron chi connectivity index (χ0n) is 12.5. The van der Waals surface area contributed by atoms with Crippen molar-refractivity contribution in [2.24, 2.45) is 0 Å². The Hall–Kier alpha value is -3.13. The molecule has 0 atom stereocenters. The Morgan fingerprint density at radius 2 is 1.30 bits per heavy atom. The van der Waals surface area contributed by atoms with Crippen LogP contribution in [0.25, 0.3) is 11.6 Å². The van der Waals surface area contributed by atoms with Gasteiger partial charge in [0.25, 0.3) is 5.91 Å². The maximum absolute atomic E-state index is 13.0. The molecule has 23 heavy (non-hydrogen) atoms. The molecule has 0 unspecified atom stereocenters. The van der Waals surface area contributed by atoms with Gasteiger partial charge in [-0.25, -0.2) is 0 Å². The van der Waals surface area contributed by atoms with Gasteiger partial charge in [0, 0.05) is 11.3 Å². The highest BCUT2D eigenvalue weighted by molar-refractivity contribution is 6.37. The Morgan fingerprint density at radius 1 is 0.696 bits per heavy atom. The third-order valence-electron chi connectivity index (χ3n) is 3.99. The molecule has 0 fully saturated rings. The van der Waals surface area contributed by atoms with Crippen molar-refractivity contribution in [3.05, 3.63) is 96.1 Å². The molecule has 0 aromatic heterocycles. The fraction of sp³-hybridized carbons (Fsp3) is 0. The quantitative estimate of drug-likeness (QED) is 0.616. The summed E-state index contributed by atoms with van der Waals surface area (Å²) in [7, 11) is 0.